The van der Waals surface area contributed by atoms with E-state index in [1.807, 2.05) is 23.1 Å². The number of ether oxygens (including phenoxy) is 2. The minimum atomic E-state index is -0.254. The van der Waals surface area contributed by atoms with Crippen LogP contribution >= 0.6 is 15.9 Å². The standard InChI is InChI=1S/C21H21BrN2O4/c22-16-6-3-14(4-7-16)21(26)23-13-20(25)24-9-1-2-17(24)15-5-8-18-19(12-15)28-11-10-27-18/h3-8,12,17H,1-2,9-11,13H2,(H,23,26). The van der Waals surface area contributed by atoms with Crippen LogP contribution in [0.5, 0.6) is 11.5 Å². The van der Waals surface area contributed by atoms with Crippen molar-refractivity contribution in [2.45, 2.75) is 18.9 Å². The van der Waals surface area contributed by atoms with E-state index in [2.05, 4.69) is 21.2 Å². The van der Waals surface area contributed by atoms with Crippen molar-refractivity contribution in [1.82, 2.24) is 10.2 Å². The molecule has 0 radical (unpaired) electrons. The molecule has 0 aliphatic carbocycles. The second-order valence-electron chi connectivity index (χ2n) is 6.84. The smallest absolute Gasteiger partial charge is 0.251 e. The van der Waals surface area contributed by atoms with E-state index in [1.165, 1.54) is 0 Å². The molecule has 2 aliphatic heterocycles. The van der Waals surface area contributed by atoms with E-state index in [0.29, 0.717) is 25.3 Å². The summed E-state index contributed by atoms with van der Waals surface area (Å²) in [5.74, 6) is 1.14. The Kier molecular flexibility index (Phi) is 5.52. The van der Waals surface area contributed by atoms with Crippen molar-refractivity contribution in [3.63, 3.8) is 0 Å². The van der Waals surface area contributed by atoms with E-state index in [9.17, 15) is 9.59 Å². The van der Waals surface area contributed by atoms with Crippen LogP contribution in [0.1, 0.15) is 34.8 Å². The molecule has 2 aliphatic rings. The summed E-state index contributed by atoms with van der Waals surface area (Å²) in [4.78, 5) is 26.9. The van der Waals surface area contributed by atoms with Gasteiger partial charge in [0.2, 0.25) is 5.91 Å². The van der Waals surface area contributed by atoms with Gasteiger partial charge < -0.3 is 19.7 Å². The molecule has 6 nitrogen and oxygen atoms in total. The van der Waals surface area contributed by atoms with Crippen molar-refractivity contribution in [1.29, 1.82) is 0 Å². The number of benzene rings is 2. The van der Waals surface area contributed by atoms with Crippen LogP contribution in [0.3, 0.4) is 0 Å². The lowest BCUT2D eigenvalue weighted by Crippen LogP contribution is -2.39. The van der Waals surface area contributed by atoms with Crippen LogP contribution in [0.15, 0.2) is 46.9 Å². The number of nitrogens with one attached hydrogen (secondary N) is 1. The van der Waals surface area contributed by atoms with Crippen molar-refractivity contribution in [2.75, 3.05) is 26.3 Å². The third kappa shape index (κ3) is 3.99. The lowest BCUT2D eigenvalue weighted by Gasteiger charge is -2.27. The van der Waals surface area contributed by atoms with E-state index < -0.39 is 0 Å². The van der Waals surface area contributed by atoms with Gasteiger partial charge in [0, 0.05) is 16.6 Å². The second-order valence-corrected chi connectivity index (χ2v) is 7.75. The average molecular weight is 445 g/mol. The molecule has 28 heavy (non-hydrogen) atoms. The zero-order valence-corrected chi connectivity index (χ0v) is 16.9. The van der Waals surface area contributed by atoms with Crippen LogP contribution in [0.25, 0.3) is 0 Å². The number of carbonyl (C=O) groups excluding carboxylic acids is 2. The molecule has 2 heterocycles. The van der Waals surface area contributed by atoms with E-state index in [0.717, 1.165) is 34.4 Å². The van der Waals surface area contributed by atoms with Crippen LogP contribution < -0.4 is 14.8 Å². The molecule has 1 unspecified atom stereocenters. The third-order valence-corrected chi connectivity index (χ3v) is 5.56. The third-order valence-electron chi connectivity index (χ3n) is 5.03. The number of fused-ring (bicyclic) bond motifs is 1. The van der Waals surface area contributed by atoms with E-state index in [-0.39, 0.29) is 24.4 Å². The lowest BCUT2D eigenvalue weighted by molar-refractivity contribution is -0.131. The van der Waals surface area contributed by atoms with Gasteiger partial charge in [-0.2, -0.15) is 0 Å². The first kappa shape index (κ1) is 18.8. The highest BCUT2D eigenvalue weighted by Crippen LogP contribution is 2.38. The number of amides is 2. The van der Waals surface area contributed by atoms with Gasteiger partial charge in [-0.15, -0.1) is 0 Å². The molecule has 7 heteroatoms. The SMILES string of the molecule is O=C(NCC(=O)N1CCCC1c1ccc2c(c1)OCCO2)c1ccc(Br)cc1. The maximum atomic E-state index is 12.8. The van der Waals surface area contributed by atoms with Crippen molar-refractivity contribution in [3.05, 3.63) is 58.1 Å². The number of hydrogen-bond acceptors (Lipinski definition) is 4. The van der Waals surface area contributed by atoms with Crippen LogP contribution in [0.2, 0.25) is 0 Å². The Hall–Kier alpha value is -2.54. The monoisotopic (exact) mass is 444 g/mol. The fourth-order valence-corrected chi connectivity index (χ4v) is 3.90. The highest BCUT2D eigenvalue weighted by molar-refractivity contribution is 9.10. The molecule has 1 fully saturated rings. The largest absolute Gasteiger partial charge is 0.486 e. The highest BCUT2D eigenvalue weighted by atomic mass is 79.9. The van der Waals surface area contributed by atoms with Gasteiger partial charge in [-0.3, -0.25) is 9.59 Å². The summed E-state index contributed by atoms with van der Waals surface area (Å²) in [5, 5.41) is 2.73. The molecule has 0 aromatic heterocycles. The van der Waals surface area contributed by atoms with Crippen LogP contribution in [-0.2, 0) is 4.79 Å². The zero-order chi connectivity index (χ0) is 19.5. The zero-order valence-electron chi connectivity index (χ0n) is 15.3. The summed E-state index contributed by atoms with van der Waals surface area (Å²) in [6.45, 7) is 1.76. The van der Waals surface area contributed by atoms with E-state index >= 15 is 0 Å². The Balaban J connectivity index is 1.41. The Morgan fingerprint density at radius 3 is 2.61 bits per heavy atom. The van der Waals surface area contributed by atoms with Gasteiger partial charge in [0.1, 0.15) is 13.2 Å². The molecule has 2 aromatic rings. The Morgan fingerprint density at radius 2 is 1.82 bits per heavy atom. The highest BCUT2D eigenvalue weighted by Gasteiger charge is 2.30. The second kappa shape index (κ2) is 8.22. The fraction of sp³-hybridized carbons (Fsp3) is 0.333. The number of rotatable bonds is 4. The molecule has 2 amide bonds. The van der Waals surface area contributed by atoms with Gasteiger partial charge in [-0.1, -0.05) is 22.0 Å². The first-order valence-electron chi connectivity index (χ1n) is 9.34. The number of carbonyl (C=O) groups is 2. The predicted octanol–water partition coefficient (Wildman–Crippen LogP) is 3.31. The van der Waals surface area contributed by atoms with Crippen molar-refractivity contribution >= 4 is 27.7 Å². The molecule has 4 rings (SSSR count). The van der Waals surface area contributed by atoms with Gasteiger partial charge in [0.05, 0.1) is 12.6 Å². The number of likely N-dealkylation sites (tertiary alicyclic amines) is 1. The summed E-state index contributed by atoms with van der Waals surface area (Å²) in [6, 6.07) is 12.9. The number of hydrogen-bond donors (Lipinski definition) is 1. The quantitative estimate of drug-likeness (QED) is 0.785. The fourth-order valence-electron chi connectivity index (χ4n) is 3.64. The first-order valence-corrected chi connectivity index (χ1v) is 10.1. The summed E-state index contributed by atoms with van der Waals surface area (Å²) < 4.78 is 12.1. The maximum Gasteiger partial charge on any atom is 0.251 e. The number of nitrogens with zero attached hydrogens (tertiary/aromatic N) is 1. The normalized spacial score (nSPS) is 18.0. The minimum absolute atomic E-state index is 0.00657. The summed E-state index contributed by atoms with van der Waals surface area (Å²) in [5.41, 5.74) is 1.56. The van der Waals surface area contributed by atoms with E-state index in [4.69, 9.17) is 9.47 Å². The molecule has 2 aromatic carbocycles. The molecular formula is C21H21BrN2O4. The van der Waals surface area contributed by atoms with Gasteiger partial charge in [-0.25, -0.2) is 0 Å². The molecule has 0 saturated carbocycles. The minimum Gasteiger partial charge on any atom is -0.486 e. The number of halogens is 1. The van der Waals surface area contributed by atoms with Gasteiger partial charge in [0.15, 0.2) is 11.5 Å². The summed E-state index contributed by atoms with van der Waals surface area (Å²) in [7, 11) is 0. The molecule has 1 N–H and O–H groups in total. The van der Waals surface area contributed by atoms with Crippen LogP contribution in [0, 0.1) is 0 Å². The Bertz CT molecular complexity index is 884. The molecule has 0 spiro atoms. The van der Waals surface area contributed by atoms with Gasteiger partial charge >= 0.3 is 0 Å². The predicted molar refractivity (Wildman–Crippen MR) is 108 cm³/mol. The lowest BCUT2D eigenvalue weighted by atomic mass is 10.0. The van der Waals surface area contributed by atoms with Gasteiger partial charge in [0.25, 0.3) is 5.91 Å². The van der Waals surface area contributed by atoms with Crippen molar-refractivity contribution in [3.8, 4) is 11.5 Å². The topological polar surface area (TPSA) is 67.9 Å². The van der Waals surface area contributed by atoms with Crippen molar-refractivity contribution in [2.24, 2.45) is 0 Å². The Labute approximate surface area is 171 Å². The van der Waals surface area contributed by atoms with Crippen LogP contribution in [0.4, 0.5) is 0 Å². The Morgan fingerprint density at radius 1 is 1.07 bits per heavy atom. The van der Waals surface area contributed by atoms with E-state index in [1.54, 1.807) is 24.3 Å². The molecular weight excluding hydrogens is 424 g/mol. The molecule has 1 atom stereocenters. The molecule has 1 saturated heterocycles. The average Bonchev–Trinajstić information content (AvgIpc) is 3.22. The van der Waals surface area contributed by atoms with Gasteiger partial charge in [-0.05, 0) is 54.8 Å². The maximum absolute atomic E-state index is 12.8. The summed E-state index contributed by atoms with van der Waals surface area (Å²) in [6.07, 6.45) is 1.83. The summed E-state index contributed by atoms with van der Waals surface area (Å²) >= 11 is 3.34. The molecule has 146 valence electrons. The molecule has 0 bridgehead atoms. The van der Waals surface area contributed by atoms with Crippen molar-refractivity contribution < 1.29 is 19.1 Å². The first-order chi connectivity index (χ1) is 13.6. The van der Waals surface area contributed by atoms with Crippen LogP contribution in [-0.4, -0.2) is 43.0 Å².